The third-order valence-corrected chi connectivity index (χ3v) is 5.45. The van der Waals surface area contributed by atoms with Crippen molar-refractivity contribution in [3.63, 3.8) is 0 Å². The van der Waals surface area contributed by atoms with Crippen LogP contribution in [0.15, 0.2) is 17.3 Å². The number of hydrogen-bond acceptors (Lipinski definition) is 3. The summed E-state index contributed by atoms with van der Waals surface area (Å²) in [6.45, 7) is 8.44. The zero-order valence-electron chi connectivity index (χ0n) is 12.1. The van der Waals surface area contributed by atoms with Gasteiger partial charge in [0.05, 0.1) is 12.7 Å². The third-order valence-electron chi connectivity index (χ3n) is 3.40. The van der Waals surface area contributed by atoms with Crippen LogP contribution in [0, 0.1) is 5.41 Å². The Morgan fingerprint density at radius 1 is 1.47 bits per heavy atom. The maximum Gasteiger partial charge on any atom is 0.246 e. The van der Waals surface area contributed by atoms with Crippen LogP contribution in [0.3, 0.4) is 0 Å². The molecule has 1 aromatic heterocycles. The summed E-state index contributed by atoms with van der Waals surface area (Å²) < 4.78 is 27.9. The molecule has 0 aromatic carbocycles. The molecule has 0 saturated heterocycles. The van der Waals surface area contributed by atoms with Crippen LogP contribution >= 0.6 is 11.6 Å². The summed E-state index contributed by atoms with van der Waals surface area (Å²) in [7, 11) is -1.91. The molecule has 0 radical (unpaired) electrons. The molecule has 1 rings (SSSR count). The minimum Gasteiger partial charge on any atom is -0.270 e. The lowest BCUT2D eigenvalue weighted by Gasteiger charge is -2.34. The molecule has 110 valence electrons. The number of halogens is 1. The van der Waals surface area contributed by atoms with E-state index in [4.69, 9.17) is 11.6 Å². The largest absolute Gasteiger partial charge is 0.270 e. The number of aromatic nitrogens is 2. The lowest BCUT2D eigenvalue weighted by Crippen LogP contribution is -2.42. The molecule has 0 aliphatic heterocycles. The van der Waals surface area contributed by atoms with Gasteiger partial charge >= 0.3 is 0 Å². The van der Waals surface area contributed by atoms with Gasteiger partial charge in [-0.2, -0.15) is 9.40 Å². The molecule has 7 heteroatoms. The van der Waals surface area contributed by atoms with Crippen molar-refractivity contribution in [2.45, 2.75) is 45.2 Å². The van der Waals surface area contributed by atoms with Crippen molar-refractivity contribution in [1.29, 1.82) is 0 Å². The Morgan fingerprint density at radius 2 is 2.05 bits per heavy atom. The summed E-state index contributed by atoms with van der Waals surface area (Å²) in [6, 6.07) is -0.117. The molecular formula is C12H22ClN3O2S. The van der Waals surface area contributed by atoms with E-state index in [1.807, 2.05) is 27.7 Å². The van der Waals surface area contributed by atoms with Crippen LogP contribution in [0.4, 0.5) is 0 Å². The van der Waals surface area contributed by atoms with Crippen molar-refractivity contribution < 1.29 is 8.42 Å². The van der Waals surface area contributed by atoms with E-state index >= 15 is 0 Å². The number of rotatable bonds is 5. The molecule has 0 aliphatic rings. The first-order valence-electron chi connectivity index (χ1n) is 6.17. The topological polar surface area (TPSA) is 55.2 Å². The fourth-order valence-electron chi connectivity index (χ4n) is 1.61. The number of nitrogens with zero attached hydrogens (tertiary/aromatic N) is 3. The zero-order valence-corrected chi connectivity index (χ0v) is 13.7. The van der Waals surface area contributed by atoms with Crippen LogP contribution in [-0.4, -0.2) is 41.5 Å². The second-order valence-electron chi connectivity index (χ2n) is 5.69. The predicted molar refractivity (Wildman–Crippen MR) is 76.8 cm³/mol. The van der Waals surface area contributed by atoms with Crippen LogP contribution in [0.25, 0.3) is 0 Å². The number of alkyl halides is 1. The van der Waals surface area contributed by atoms with Gasteiger partial charge in [0, 0.05) is 25.2 Å². The highest BCUT2D eigenvalue weighted by molar-refractivity contribution is 7.89. The van der Waals surface area contributed by atoms with Crippen LogP contribution in [0.1, 0.15) is 27.7 Å². The highest BCUT2D eigenvalue weighted by Gasteiger charge is 2.33. The molecule has 5 nitrogen and oxygen atoms in total. The predicted octanol–water partition coefficient (Wildman–Crippen LogP) is 2.18. The molecule has 0 saturated carbocycles. The van der Waals surface area contributed by atoms with E-state index in [0.29, 0.717) is 12.4 Å². The first-order valence-corrected chi connectivity index (χ1v) is 8.14. The first kappa shape index (κ1) is 16.5. The Labute approximate surface area is 120 Å². The van der Waals surface area contributed by atoms with Crippen LogP contribution < -0.4 is 0 Å². The number of sulfonamides is 1. The average Bonchev–Trinajstić information content (AvgIpc) is 2.75. The molecule has 1 aromatic rings. The molecule has 1 heterocycles. The van der Waals surface area contributed by atoms with Gasteiger partial charge in [0.2, 0.25) is 10.0 Å². The Bertz CT molecular complexity index is 519. The quantitative estimate of drug-likeness (QED) is 0.783. The molecule has 0 fully saturated rings. The van der Waals surface area contributed by atoms with Crippen LogP contribution in [0.5, 0.6) is 0 Å². The zero-order chi connectivity index (χ0) is 14.8. The highest BCUT2D eigenvalue weighted by atomic mass is 35.5. The molecule has 0 bridgehead atoms. The molecular weight excluding hydrogens is 286 g/mol. The molecule has 1 atom stereocenters. The van der Waals surface area contributed by atoms with Gasteiger partial charge in [-0.15, -0.1) is 11.6 Å². The maximum absolute atomic E-state index is 12.5. The summed E-state index contributed by atoms with van der Waals surface area (Å²) in [5, 5.41) is 4.00. The fourth-order valence-corrected chi connectivity index (χ4v) is 3.28. The highest BCUT2D eigenvalue weighted by Crippen LogP contribution is 2.27. The Morgan fingerprint density at radius 3 is 2.53 bits per heavy atom. The summed E-state index contributed by atoms with van der Waals surface area (Å²) in [5.74, 6) is 0.398. The normalized spacial score (nSPS) is 14.9. The van der Waals surface area contributed by atoms with Crippen molar-refractivity contribution in [3.8, 4) is 0 Å². The van der Waals surface area contributed by atoms with Gasteiger partial charge < -0.3 is 0 Å². The minimum absolute atomic E-state index is 0.117. The number of aryl methyl sites for hydroxylation is 1. The van der Waals surface area contributed by atoms with Crippen molar-refractivity contribution in [3.05, 3.63) is 12.4 Å². The molecule has 0 amide bonds. The van der Waals surface area contributed by atoms with E-state index in [9.17, 15) is 8.42 Å². The molecule has 0 spiro atoms. The first-order chi connectivity index (χ1) is 8.60. The second kappa shape index (κ2) is 5.81. The van der Waals surface area contributed by atoms with Gasteiger partial charge in [0.25, 0.3) is 0 Å². The van der Waals surface area contributed by atoms with Crippen molar-refractivity contribution >= 4 is 21.6 Å². The van der Waals surface area contributed by atoms with E-state index in [2.05, 4.69) is 5.10 Å². The van der Waals surface area contributed by atoms with Gasteiger partial charge in [-0.25, -0.2) is 8.42 Å². The van der Waals surface area contributed by atoms with Gasteiger partial charge in [0.1, 0.15) is 4.90 Å². The monoisotopic (exact) mass is 307 g/mol. The van der Waals surface area contributed by atoms with Gasteiger partial charge in [0.15, 0.2) is 0 Å². The average molecular weight is 308 g/mol. The van der Waals surface area contributed by atoms with Crippen molar-refractivity contribution in [1.82, 2.24) is 14.1 Å². The van der Waals surface area contributed by atoms with Crippen LogP contribution in [0.2, 0.25) is 0 Å². The summed E-state index contributed by atoms with van der Waals surface area (Å²) in [5.41, 5.74) is -0.131. The Hall–Kier alpha value is -0.590. The Balaban J connectivity index is 3.02. The van der Waals surface area contributed by atoms with Crippen molar-refractivity contribution in [2.75, 3.05) is 12.9 Å². The molecule has 1 unspecified atom stereocenters. The van der Waals surface area contributed by atoms with Crippen LogP contribution in [-0.2, 0) is 16.6 Å². The van der Waals surface area contributed by atoms with E-state index in [1.54, 1.807) is 7.05 Å². The lowest BCUT2D eigenvalue weighted by molar-refractivity contribution is 0.216. The van der Waals surface area contributed by atoms with Gasteiger partial charge in [-0.1, -0.05) is 20.8 Å². The summed E-state index contributed by atoms with van der Waals surface area (Å²) in [4.78, 5) is 0.205. The van der Waals surface area contributed by atoms with Crippen molar-refractivity contribution in [2.24, 2.45) is 5.41 Å². The molecule has 0 aliphatic carbocycles. The van der Waals surface area contributed by atoms with E-state index in [-0.39, 0.29) is 16.4 Å². The Kier molecular flexibility index (Phi) is 5.03. The molecule has 0 N–H and O–H groups in total. The van der Waals surface area contributed by atoms with E-state index in [1.165, 1.54) is 21.4 Å². The van der Waals surface area contributed by atoms with Gasteiger partial charge in [-0.05, 0) is 12.3 Å². The SMILES string of the molecule is CC(N(C)S(=O)(=O)c1cnn(CCCl)c1)C(C)(C)C. The standard InChI is InChI=1S/C12H22ClN3O2S/c1-10(12(2,3)4)15(5)19(17,18)11-8-14-16(9-11)7-6-13/h8-10H,6-7H2,1-5H3. The van der Waals surface area contributed by atoms with E-state index in [0.717, 1.165) is 0 Å². The lowest BCUT2D eigenvalue weighted by atomic mass is 9.88. The number of hydrogen-bond donors (Lipinski definition) is 0. The third kappa shape index (κ3) is 3.70. The summed E-state index contributed by atoms with van der Waals surface area (Å²) in [6.07, 6.45) is 2.89. The molecule has 19 heavy (non-hydrogen) atoms. The minimum atomic E-state index is -3.51. The summed E-state index contributed by atoms with van der Waals surface area (Å²) >= 11 is 5.61. The fraction of sp³-hybridized carbons (Fsp3) is 0.750. The van der Waals surface area contributed by atoms with E-state index < -0.39 is 10.0 Å². The maximum atomic E-state index is 12.5. The smallest absolute Gasteiger partial charge is 0.246 e. The second-order valence-corrected chi connectivity index (χ2v) is 8.07. The van der Waals surface area contributed by atoms with Gasteiger partial charge in [-0.3, -0.25) is 4.68 Å².